The maximum Gasteiger partial charge on any atom is 0.225 e. The predicted octanol–water partition coefficient (Wildman–Crippen LogP) is 7.52. The molecule has 1 N–H and O–H groups in total. The van der Waals surface area contributed by atoms with E-state index in [1.54, 1.807) is 0 Å². The number of nitrogens with one attached hydrogen (secondary N) is 1. The normalized spacial score (nSPS) is 19.6. The first kappa shape index (κ1) is 27.5. The van der Waals surface area contributed by atoms with E-state index in [9.17, 15) is 4.79 Å². The van der Waals surface area contributed by atoms with E-state index in [1.807, 2.05) is 6.92 Å². The van der Waals surface area contributed by atoms with Crippen molar-refractivity contribution in [3.05, 3.63) is 60.8 Å². The zero-order chi connectivity index (χ0) is 23.5. The quantitative estimate of drug-likeness (QED) is 0.221. The van der Waals surface area contributed by atoms with Crippen LogP contribution in [-0.2, 0) is 4.79 Å². The molecule has 1 aliphatic heterocycles. The molecule has 0 saturated heterocycles. The molecular weight excluding hydrogens is 394 g/mol. The highest BCUT2D eigenvalue weighted by Gasteiger charge is 2.32. The van der Waals surface area contributed by atoms with Crippen LogP contribution in [0.3, 0.4) is 0 Å². The minimum atomic E-state index is -0.168. The van der Waals surface area contributed by atoms with Crippen molar-refractivity contribution in [1.29, 1.82) is 0 Å². The summed E-state index contributed by atoms with van der Waals surface area (Å²) in [5.41, 5.74) is -0.168. The molecule has 0 aromatic heterocycles. The second-order valence-corrected chi connectivity index (χ2v) is 8.39. The van der Waals surface area contributed by atoms with Crippen LogP contribution in [0.2, 0.25) is 0 Å². The molecule has 0 spiro atoms. The van der Waals surface area contributed by atoms with Gasteiger partial charge in [0.25, 0.3) is 0 Å². The van der Waals surface area contributed by atoms with Crippen LogP contribution in [0, 0.1) is 5.41 Å². The molecule has 0 fully saturated rings. The predicted molar refractivity (Wildman–Crippen MR) is 142 cm³/mol. The molecule has 0 radical (unpaired) electrons. The van der Waals surface area contributed by atoms with Gasteiger partial charge in [-0.3, -0.25) is 9.79 Å². The van der Waals surface area contributed by atoms with Gasteiger partial charge in [0, 0.05) is 13.3 Å². The summed E-state index contributed by atoms with van der Waals surface area (Å²) in [7, 11) is 0. The van der Waals surface area contributed by atoms with Crippen molar-refractivity contribution in [2.75, 3.05) is 6.54 Å². The number of hydrogen-bond donors (Lipinski definition) is 1. The van der Waals surface area contributed by atoms with Crippen LogP contribution >= 0.6 is 0 Å². The van der Waals surface area contributed by atoms with E-state index < -0.39 is 0 Å². The van der Waals surface area contributed by atoms with Crippen LogP contribution in [0.4, 0.5) is 0 Å². The summed E-state index contributed by atoms with van der Waals surface area (Å²) >= 11 is 0. The second-order valence-electron chi connectivity index (χ2n) is 8.39. The van der Waals surface area contributed by atoms with Crippen molar-refractivity contribution < 1.29 is 6.22 Å². The molecule has 32 heavy (non-hydrogen) atoms. The fourth-order valence-corrected chi connectivity index (χ4v) is 3.10. The molecule has 0 bridgehead atoms. The van der Waals surface area contributed by atoms with Crippen LogP contribution < -0.4 is 5.32 Å². The lowest BCUT2D eigenvalue weighted by Crippen LogP contribution is -2.45. The molecule has 4 nitrogen and oxygen atoms in total. The number of hydrogen-bond acceptors (Lipinski definition) is 3. The van der Waals surface area contributed by atoms with Crippen LogP contribution in [-0.4, -0.2) is 24.1 Å². The van der Waals surface area contributed by atoms with Gasteiger partial charge in [-0.25, -0.2) is 4.99 Å². The molecule has 1 rings (SSSR count). The van der Waals surface area contributed by atoms with Crippen molar-refractivity contribution in [1.82, 2.24) is 5.32 Å². The van der Waals surface area contributed by atoms with Crippen molar-refractivity contribution >= 4 is 17.6 Å². The fourth-order valence-electron chi connectivity index (χ4n) is 3.10. The summed E-state index contributed by atoms with van der Waals surface area (Å²) in [6, 6.07) is 0. The van der Waals surface area contributed by atoms with E-state index in [0.29, 0.717) is 13.0 Å². The average molecular weight is 440 g/mol. The highest BCUT2D eigenvalue weighted by Crippen LogP contribution is 2.25. The van der Waals surface area contributed by atoms with E-state index in [-0.39, 0.29) is 12.7 Å². The number of carbonyl (C=O) groups is 1. The first-order valence-electron chi connectivity index (χ1n) is 12.2. The Labute approximate surface area is 197 Å². The van der Waals surface area contributed by atoms with Crippen molar-refractivity contribution in [3.63, 3.8) is 0 Å². The van der Waals surface area contributed by atoms with Gasteiger partial charge in [0.15, 0.2) is 0 Å². The van der Waals surface area contributed by atoms with Crippen LogP contribution in [0.1, 0.15) is 86.9 Å². The van der Waals surface area contributed by atoms with E-state index >= 15 is 0 Å². The number of carbonyl (C=O) groups excluding carboxylic acids is 1. The smallest absolute Gasteiger partial charge is 0.225 e. The lowest BCUT2D eigenvalue weighted by atomic mass is 9.85. The lowest BCUT2D eigenvalue weighted by molar-refractivity contribution is -0.119. The summed E-state index contributed by atoms with van der Waals surface area (Å²) in [4.78, 5) is 21.2. The van der Waals surface area contributed by atoms with Crippen LogP contribution in [0.5, 0.6) is 0 Å². The van der Waals surface area contributed by atoms with Gasteiger partial charge >= 0.3 is 0 Å². The lowest BCUT2D eigenvalue weighted by Gasteiger charge is -2.31. The van der Waals surface area contributed by atoms with Gasteiger partial charge in [-0.05, 0) is 58.3 Å². The van der Waals surface area contributed by atoms with Gasteiger partial charge in [0.1, 0.15) is 11.7 Å². The SMILES string of the molecule is CC/C=C\C/C=C\C/C=C\C/C=C\C/C=C\CCCC(=O)NC1=NC(C)=NCC1(C)CC.[HH]. The first-order valence-corrected chi connectivity index (χ1v) is 12.2. The van der Waals surface area contributed by atoms with Gasteiger partial charge in [0.2, 0.25) is 5.91 Å². The molecule has 0 aromatic rings. The maximum atomic E-state index is 12.3. The second kappa shape index (κ2) is 17.1. The molecule has 0 saturated carbocycles. The number of amides is 1. The monoisotopic (exact) mass is 439 g/mol. The highest BCUT2D eigenvalue weighted by molar-refractivity contribution is 6.07. The third-order valence-electron chi connectivity index (χ3n) is 5.47. The number of unbranched alkanes of at least 4 members (excludes halogenated alkanes) is 1. The topological polar surface area (TPSA) is 53.8 Å². The van der Waals surface area contributed by atoms with Gasteiger partial charge in [-0.1, -0.05) is 81.5 Å². The molecular formula is C28H45N3O. The Kier molecular flexibility index (Phi) is 14.7. The Morgan fingerprint density at radius 2 is 1.47 bits per heavy atom. The molecule has 1 amide bonds. The van der Waals surface area contributed by atoms with Crippen molar-refractivity contribution in [2.24, 2.45) is 15.4 Å². The number of amidine groups is 2. The third-order valence-corrected chi connectivity index (χ3v) is 5.47. The van der Waals surface area contributed by atoms with Crippen LogP contribution in [0.25, 0.3) is 0 Å². The number of aliphatic imine (C=N–C) groups is 2. The summed E-state index contributed by atoms with van der Waals surface area (Å²) < 4.78 is 0. The summed E-state index contributed by atoms with van der Waals surface area (Å²) in [5.74, 6) is 1.56. The average Bonchev–Trinajstić information content (AvgIpc) is 2.78. The maximum absolute atomic E-state index is 12.3. The molecule has 1 heterocycles. The fraction of sp³-hybridized carbons (Fsp3) is 0.536. The molecule has 1 aliphatic rings. The zero-order valence-corrected chi connectivity index (χ0v) is 20.6. The Morgan fingerprint density at radius 1 is 0.938 bits per heavy atom. The van der Waals surface area contributed by atoms with E-state index in [1.165, 1.54) is 0 Å². The summed E-state index contributed by atoms with van der Waals surface area (Å²) in [5, 5.41) is 3.03. The number of rotatable bonds is 14. The molecule has 0 aliphatic carbocycles. The zero-order valence-electron chi connectivity index (χ0n) is 20.6. The van der Waals surface area contributed by atoms with E-state index in [0.717, 1.165) is 63.0 Å². The van der Waals surface area contributed by atoms with Gasteiger partial charge in [-0.2, -0.15) is 0 Å². The molecule has 0 aromatic carbocycles. The third kappa shape index (κ3) is 12.4. The minimum Gasteiger partial charge on any atom is -0.314 e. The van der Waals surface area contributed by atoms with Gasteiger partial charge in [0.05, 0.1) is 6.54 Å². The largest absolute Gasteiger partial charge is 0.314 e. The molecule has 1 atom stereocenters. The first-order chi connectivity index (χ1) is 15.5. The standard InChI is InChI=1S/C28H43N3O.H2/c1-5-7-8-9-10-11-12-13-14-15-16-17-18-19-20-21-22-23-26(32)31-27-28(4,6-2)24-29-25(3)30-27;/h7-8,10-11,13-14,16-17,19-20H,5-6,9,12,15,18,21-24H2,1-4H3,(H,29,30,31,32);1H/b8-7-,11-10-,14-13-,17-16-,20-19-;. The number of allylic oxidation sites excluding steroid dienone is 10. The Balaban J connectivity index is 0.0000102. The Hall–Kier alpha value is -2.49. The Morgan fingerprint density at radius 3 is 2.00 bits per heavy atom. The summed E-state index contributed by atoms with van der Waals surface area (Å²) in [6.07, 6.45) is 30.2. The molecule has 4 heteroatoms. The summed E-state index contributed by atoms with van der Waals surface area (Å²) in [6.45, 7) is 8.94. The molecule has 178 valence electrons. The highest BCUT2D eigenvalue weighted by atomic mass is 16.1. The van der Waals surface area contributed by atoms with E-state index in [4.69, 9.17) is 0 Å². The van der Waals surface area contributed by atoms with Crippen molar-refractivity contribution in [3.8, 4) is 0 Å². The number of nitrogens with zero attached hydrogens (tertiary/aromatic N) is 2. The molecule has 1 unspecified atom stereocenters. The van der Waals surface area contributed by atoms with Gasteiger partial charge < -0.3 is 5.32 Å². The minimum absolute atomic E-state index is 0. The van der Waals surface area contributed by atoms with Crippen LogP contribution in [0.15, 0.2) is 70.7 Å². The van der Waals surface area contributed by atoms with Crippen molar-refractivity contribution in [2.45, 2.75) is 85.5 Å². The van der Waals surface area contributed by atoms with E-state index in [2.05, 4.69) is 96.8 Å². The van der Waals surface area contributed by atoms with Gasteiger partial charge in [-0.15, -0.1) is 0 Å². The Bertz CT molecular complexity index is 759.